The molecule has 9 heteroatoms. The summed E-state index contributed by atoms with van der Waals surface area (Å²) >= 11 is 0. The van der Waals surface area contributed by atoms with Crippen LogP contribution in [0.2, 0.25) is 0 Å². The number of carbonyl (C=O) groups is 5. The number of rotatable bonds is 6. The topological polar surface area (TPSA) is 119 Å². The minimum atomic E-state index is -0.716. The standard InChI is InChI=1S/C27H24N2O7/c1-14-11-17-12-20(14)23-22(17)24(31)29(25(23)32)19-9-5-16(6-10-19)27(34)36-13-21(30)28-18-7-3-15(4-8-18)26(33)35-2/h3-11,17,20,22-23H,12-13H2,1-2H3,(H,28,30)/t17-,20+,22-,23+/m0/s1. The highest BCUT2D eigenvalue weighted by Gasteiger charge is 2.60. The molecule has 0 spiro atoms. The number of esters is 2. The molecule has 2 aromatic rings. The summed E-state index contributed by atoms with van der Waals surface area (Å²) < 4.78 is 9.70. The number of hydrogen-bond donors (Lipinski definition) is 1. The van der Waals surface area contributed by atoms with Crippen molar-refractivity contribution in [2.45, 2.75) is 13.3 Å². The first kappa shape index (κ1) is 23.5. The molecule has 1 aliphatic heterocycles. The molecule has 3 amide bonds. The van der Waals surface area contributed by atoms with Gasteiger partial charge in [-0.25, -0.2) is 9.59 Å². The Bertz CT molecular complexity index is 1300. The molecule has 184 valence electrons. The van der Waals surface area contributed by atoms with Crippen LogP contribution in [0.15, 0.2) is 60.2 Å². The Balaban J connectivity index is 1.17. The van der Waals surface area contributed by atoms with Gasteiger partial charge >= 0.3 is 11.9 Å². The van der Waals surface area contributed by atoms with Crippen molar-refractivity contribution in [3.05, 3.63) is 71.3 Å². The summed E-state index contributed by atoms with van der Waals surface area (Å²) in [7, 11) is 1.28. The molecule has 2 fully saturated rings. The summed E-state index contributed by atoms with van der Waals surface area (Å²) in [4.78, 5) is 63.3. The monoisotopic (exact) mass is 488 g/mol. The Morgan fingerprint density at radius 2 is 1.53 bits per heavy atom. The Morgan fingerprint density at radius 1 is 0.917 bits per heavy atom. The number of anilines is 2. The van der Waals surface area contributed by atoms with Crippen molar-refractivity contribution in [1.29, 1.82) is 0 Å². The molecule has 0 unspecified atom stereocenters. The summed E-state index contributed by atoms with van der Waals surface area (Å²) in [6.07, 6.45) is 2.98. The van der Waals surface area contributed by atoms with Gasteiger partial charge in [-0.05, 0) is 73.7 Å². The average molecular weight is 488 g/mol. The van der Waals surface area contributed by atoms with Crippen molar-refractivity contribution < 1.29 is 33.4 Å². The minimum Gasteiger partial charge on any atom is -0.465 e. The molecular weight excluding hydrogens is 464 g/mol. The average Bonchev–Trinajstić information content (AvgIpc) is 3.52. The number of methoxy groups -OCH3 is 1. The number of nitrogens with one attached hydrogen (secondary N) is 1. The van der Waals surface area contributed by atoms with Gasteiger partial charge in [0.25, 0.3) is 5.91 Å². The number of imide groups is 1. The van der Waals surface area contributed by atoms with Crippen molar-refractivity contribution >= 4 is 41.0 Å². The Hall–Kier alpha value is -4.27. The van der Waals surface area contributed by atoms with Crippen LogP contribution in [0.25, 0.3) is 0 Å². The Kier molecular flexibility index (Phi) is 5.91. The molecule has 3 aliphatic rings. The zero-order chi connectivity index (χ0) is 25.6. The largest absolute Gasteiger partial charge is 0.465 e. The molecular formula is C27H24N2O7. The molecule has 0 radical (unpaired) electrons. The number of allylic oxidation sites excluding steroid dienone is 2. The van der Waals surface area contributed by atoms with E-state index in [-0.39, 0.29) is 41.0 Å². The number of amides is 3. The second-order valence-corrected chi connectivity index (χ2v) is 9.22. The summed E-state index contributed by atoms with van der Waals surface area (Å²) in [6.45, 7) is 1.50. The van der Waals surface area contributed by atoms with Gasteiger partial charge in [-0.15, -0.1) is 0 Å². The van der Waals surface area contributed by atoms with Crippen LogP contribution in [0, 0.1) is 23.7 Å². The third-order valence-electron chi connectivity index (χ3n) is 7.17. The zero-order valence-corrected chi connectivity index (χ0v) is 19.7. The van der Waals surface area contributed by atoms with E-state index in [1.807, 2.05) is 6.92 Å². The molecule has 36 heavy (non-hydrogen) atoms. The van der Waals surface area contributed by atoms with Gasteiger partial charge in [0.1, 0.15) is 0 Å². The number of nitrogens with zero attached hydrogens (tertiary/aromatic N) is 1. The van der Waals surface area contributed by atoms with E-state index in [0.717, 1.165) is 6.42 Å². The van der Waals surface area contributed by atoms with Crippen LogP contribution in [-0.4, -0.2) is 43.4 Å². The lowest BCUT2D eigenvalue weighted by Gasteiger charge is -2.19. The smallest absolute Gasteiger partial charge is 0.338 e. The predicted octanol–water partition coefficient (Wildman–Crippen LogP) is 2.97. The molecule has 2 bridgehead atoms. The number of benzene rings is 2. The maximum Gasteiger partial charge on any atom is 0.338 e. The summed E-state index contributed by atoms with van der Waals surface area (Å²) in [6, 6.07) is 12.1. The van der Waals surface area contributed by atoms with Gasteiger partial charge in [0.2, 0.25) is 11.8 Å². The lowest BCUT2D eigenvalue weighted by atomic mass is 9.82. The summed E-state index contributed by atoms with van der Waals surface area (Å²) in [5.41, 5.74) is 2.55. The first-order valence-corrected chi connectivity index (χ1v) is 11.6. The molecule has 1 heterocycles. The van der Waals surface area contributed by atoms with Gasteiger partial charge in [0, 0.05) is 5.69 Å². The van der Waals surface area contributed by atoms with Crippen molar-refractivity contribution in [3.63, 3.8) is 0 Å². The minimum absolute atomic E-state index is 0.118. The van der Waals surface area contributed by atoms with Crippen LogP contribution in [0.1, 0.15) is 34.1 Å². The maximum absolute atomic E-state index is 13.1. The Labute approximate surface area is 207 Å². The van der Waals surface area contributed by atoms with Gasteiger partial charge in [-0.2, -0.15) is 0 Å². The van der Waals surface area contributed by atoms with Gasteiger partial charge in [-0.1, -0.05) is 11.6 Å². The van der Waals surface area contributed by atoms with Crippen LogP contribution < -0.4 is 10.2 Å². The van der Waals surface area contributed by atoms with Crippen LogP contribution in [-0.2, 0) is 23.9 Å². The number of hydrogen-bond acceptors (Lipinski definition) is 7. The quantitative estimate of drug-likeness (QED) is 0.377. The molecule has 0 aromatic heterocycles. The van der Waals surface area contributed by atoms with Gasteiger partial charge in [-0.3, -0.25) is 19.3 Å². The van der Waals surface area contributed by atoms with E-state index in [9.17, 15) is 24.0 Å². The summed E-state index contributed by atoms with van der Waals surface area (Å²) in [5.74, 6) is -2.48. The van der Waals surface area contributed by atoms with Crippen molar-refractivity contribution in [3.8, 4) is 0 Å². The van der Waals surface area contributed by atoms with E-state index in [1.165, 1.54) is 54.0 Å². The molecule has 5 rings (SSSR count). The fraction of sp³-hybridized carbons (Fsp3) is 0.296. The highest BCUT2D eigenvalue weighted by Crippen LogP contribution is 2.55. The SMILES string of the molecule is COC(=O)c1ccc(NC(=O)COC(=O)c2ccc(N3C(=O)[C@@H]4[C@H](C3=O)[C@@H]3C[C@@H]4C=C3C)cc2)cc1. The van der Waals surface area contributed by atoms with Crippen LogP contribution in [0.3, 0.4) is 0 Å². The highest BCUT2D eigenvalue weighted by atomic mass is 16.5. The zero-order valence-electron chi connectivity index (χ0n) is 19.7. The molecule has 9 nitrogen and oxygen atoms in total. The van der Waals surface area contributed by atoms with Crippen molar-refractivity contribution in [1.82, 2.24) is 0 Å². The normalized spacial score (nSPS) is 23.8. The fourth-order valence-electron chi connectivity index (χ4n) is 5.49. The maximum atomic E-state index is 13.1. The molecule has 2 aromatic carbocycles. The first-order valence-electron chi connectivity index (χ1n) is 11.6. The summed E-state index contributed by atoms with van der Waals surface area (Å²) in [5, 5.41) is 2.57. The van der Waals surface area contributed by atoms with E-state index < -0.39 is 24.5 Å². The fourth-order valence-corrected chi connectivity index (χ4v) is 5.49. The van der Waals surface area contributed by atoms with Crippen molar-refractivity contribution in [2.75, 3.05) is 23.9 Å². The number of ether oxygens (including phenoxy) is 2. The van der Waals surface area contributed by atoms with E-state index in [2.05, 4.69) is 16.1 Å². The first-order chi connectivity index (χ1) is 17.3. The second kappa shape index (κ2) is 9.07. The second-order valence-electron chi connectivity index (χ2n) is 9.22. The van der Waals surface area contributed by atoms with E-state index in [4.69, 9.17) is 4.74 Å². The molecule has 1 saturated heterocycles. The molecule has 1 N–H and O–H groups in total. The Morgan fingerprint density at radius 3 is 2.19 bits per heavy atom. The van der Waals surface area contributed by atoms with E-state index >= 15 is 0 Å². The van der Waals surface area contributed by atoms with Gasteiger partial charge in [0.05, 0.1) is 35.8 Å². The predicted molar refractivity (Wildman–Crippen MR) is 128 cm³/mol. The number of carbonyl (C=O) groups excluding carboxylic acids is 5. The van der Waals surface area contributed by atoms with Crippen molar-refractivity contribution in [2.24, 2.45) is 23.7 Å². The molecule has 1 saturated carbocycles. The van der Waals surface area contributed by atoms with Crippen LogP contribution in [0.5, 0.6) is 0 Å². The van der Waals surface area contributed by atoms with Gasteiger partial charge < -0.3 is 14.8 Å². The lowest BCUT2D eigenvalue weighted by Crippen LogP contribution is -2.33. The third-order valence-corrected chi connectivity index (χ3v) is 7.17. The molecule has 2 aliphatic carbocycles. The third kappa shape index (κ3) is 3.96. The number of fused-ring (bicyclic) bond motifs is 5. The highest BCUT2D eigenvalue weighted by molar-refractivity contribution is 6.23. The van der Waals surface area contributed by atoms with E-state index in [0.29, 0.717) is 16.9 Å². The van der Waals surface area contributed by atoms with E-state index in [1.54, 1.807) is 12.1 Å². The molecule has 4 atom stereocenters. The lowest BCUT2D eigenvalue weighted by molar-refractivity contribution is -0.123. The van der Waals surface area contributed by atoms with Crippen LogP contribution in [0.4, 0.5) is 11.4 Å². The van der Waals surface area contributed by atoms with Crippen LogP contribution >= 0.6 is 0 Å². The van der Waals surface area contributed by atoms with Gasteiger partial charge in [0.15, 0.2) is 6.61 Å².